The van der Waals surface area contributed by atoms with Gasteiger partial charge >= 0.3 is 0 Å². The lowest BCUT2D eigenvalue weighted by Gasteiger charge is -2.26. The Hall–Kier alpha value is -0.470. The molecule has 15 heavy (non-hydrogen) atoms. The van der Waals surface area contributed by atoms with E-state index in [1.807, 2.05) is 0 Å². The van der Waals surface area contributed by atoms with Crippen molar-refractivity contribution >= 4 is 11.8 Å². The summed E-state index contributed by atoms with van der Waals surface area (Å²) in [4.78, 5) is 0. The van der Waals surface area contributed by atoms with Crippen LogP contribution < -0.4 is 5.32 Å². The first kappa shape index (κ1) is 11.0. The van der Waals surface area contributed by atoms with Gasteiger partial charge in [0.1, 0.15) is 0 Å². The molecule has 0 aliphatic carbocycles. The van der Waals surface area contributed by atoms with Crippen LogP contribution in [0.25, 0.3) is 0 Å². The fourth-order valence-corrected chi connectivity index (χ4v) is 2.82. The number of hydrogen-bond acceptors (Lipinski definition) is 2. The zero-order chi connectivity index (χ0) is 10.3. The lowest BCUT2D eigenvalue weighted by Crippen LogP contribution is -2.43. The normalized spacial score (nSPS) is 16.3. The van der Waals surface area contributed by atoms with Gasteiger partial charge in [-0.05, 0) is 48.9 Å². The second-order valence-electron chi connectivity index (χ2n) is 4.19. The predicted molar refractivity (Wildman–Crippen MR) is 68.4 cm³/mol. The van der Waals surface area contributed by atoms with Crippen molar-refractivity contribution in [3.05, 3.63) is 35.9 Å². The molecule has 1 aromatic carbocycles. The monoisotopic (exact) mass is 221 g/mol. The Balaban J connectivity index is 1.51. The van der Waals surface area contributed by atoms with E-state index in [2.05, 4.69) is 47.4 Å². The van der Waals surface area contributed by atoms with Crippen molar-refractivity contribution in [3.63, 3.8) is 0 Å². The van der Waals surface area contributed by atoms with Gasteiger partial charge in [-0.1, -0.05) is 30.3 Å². The maximum Gasteiger partial charge on any atom is -0.0000326 e. The van der Waals surface area contributed by atoms with Crippen LogP contribution in [0.5, 0.6) is 0 Å². The van der Waals surface area contributed by atoms with E-state index in [9.17, 15) is 0 Å². The number of thioether (sulfide) groups is 1. The highest BCUT2D eigenvalue weighted by Crippen LogP contribution is 2.14. The highest BCUT2D eigenvalue weighted by atomic mass is 32.2. The quantitative estimate of drug-likeness (QED) is 0.741. The molecule has 0 unspecified atom stereocenters. The maximum absolute atomic E-state index is 3.31. The van der Waals surface area contributed by atoms with Gasteiger partial charge in [0.2, 0.25) is 0 Å². The molecular formula is C13H19NS. The van der Waals surface area contributed by atoms with E-state index in [0.29, 0.717) is 0 Å². The summed E-state index contributed by atoms with van der Waals surface area (Å²) < 4.78 is 0. The van der Waals surface area contributed by atoms with E-state index in [-0.39, 0.29) is 0 Å². The van der Waals surface area contributed by atoms with Gasteiger partial charge in [0.15, 0.2) is 0 Å². The Morgan fingerprint density at radius 1 is 1.20 bits per heavy atom. The van der Waals surface area contributed by atoms with Crippen LogP contribution in [0.4, 0.5) is 0 Å². The van der Waals surface area contributed by atoms with E-state index in [1.54, 1.807) is 0 Å². The van der Waals surface area contributed by atoms with Crippen LogP contribution in [0.3, 0.4) is 0 Å². The average Bonchev–Trinajstić information content (AvgIpc) is 2.22. The van der Waals surface area contributed by atoms with Gasteiger partial charge < -0.3 is 5.32 Å². The Morgan fingerprint density at radius 3 is 2.67 bits per heavy atom. The minimum Gasteiger partial charge on any atom is -0.316 e. The summed E-state index contributed by atoms with van der Waals surface area (Å²) in [6.45, 7) is 2.48. The van der Waals surface area contributed by atoms with Crippen molar-refractivity contribution in [2.45, 2.75) is 12.8 Å². The molecule has 0 radical (unpaired) electrons. The van der Waals surface area contributed by atoms with Crippen LogP contribution >= 0.6 is 11.8 Å². The fraction of sp³-hybridized carbons (Fsp3) is 0.538. The minimum atomic E-state index is 0.951. The largest absolute Gasteiger partial charge is 0.316 e. The van der Waals surface area contributed by atoms with E-state index in [0.717, 1.165) is 5.92 Å². The Bertz CT molecular complexity index is 269. The molecule has 0 spiro atoms. The highest BCUT2D eigenvalue weighted by Gasteiger charge is 2.15. The van der Waals surface area contributed by atoms with Gasteiger partial charge in [-0.15, -0.1) is 0 Å². The molecule has 1 aromatic rings. The van der Waals surface area contributed by atoms with Crippen molar-refractivity contribution in [2.75, 3.05) is 24.6 Å². The Labute approximate surface area is 96.7 Å². The Morgan fingerprint density at radius 2 is 2.00 bits per heavy atom. The van der Waals surface area contributed by atoms with Crippen LogP contribution in [0.1, 0.15) is 12.0 Å². The molecule has 82 valence electrons. The number of hydrogen-bond donors (Lipinski definition) is 1. The van der Waals surface area contributed by atoms with Crippen molar-refractivity contribution in [1.82, 2.24) is 5.32 Å². The van der Waals surface area contributed by atoms with E-state index in [4.69, 9.17) is 0 Å². The summed E-state index contributed by atoms with van der Waals surface area (Å²) in [6.07, 6.45) is 2.55. The molecule has 1 N–H and O–H groups in total. The van der Waals surface area contributed by atoms with Gasteiger partial charge in [0, 0.05) is 0 Å². The smallest absolute Gasteiger partial charge is 0.0000326 e. The number of rotatable bonds is 6. The molecule has 1 aliphatic heterocycles. The summed E-state index contributed by atoms with van der Waals surface area (Å²) in [5.41, 5.74) is 1.48. The molecule has 0 saturated carbocycles. The second kappa shape index (κ2) is 6.19. The molecule has 2 rings (SSSR count). The standard InChI is InChI=1S/C13H19NS/c1-2-5-12(6-3-1)7-4-8-15-11-13-9-14-10-13/h1-3,5-6,13-14H,4,7-11H2. The molecule has 1 fully saturated rings. The van der Waals surface area contributed by atoms with Gasteiger partial charge in [0.05, 0.1) is 0 Å². The van der Waals surface area contributed by atoms with Crippen molar-refractivity contribution < 1.29 is 0 Å². The molecule has 0 amide bonds. The van der Waals surface area contributed by atoms with Gasteiger partial charge in [-0.3, -0.25) is 0 Å². The van der Waals surface area contributed by atoms with Crippen LogP contribution in [0.15, 0.2) is 30.3 Å². The molecule has 2 heteroatoms. The zero-order valence-corrected chi connectivity index (χ0v) is 9.93. The third kappa shape index (κ3) is 3.88. The zero-order valence-electron chi connectivity index (χ0n) is 9.11. The molecule has 0 bridgehead atoms. The SMILES string of the molecule is c1ccc(CCCSCC2CNC2)cc1. The molecular weight excluding hydrogens is 202 g/mol. The molecule has 1 nitrogen and oxygen atoms in total. The highest BCUT2D eigenvalue weighted by molar-refractivity contribution is 7.99. The van der Waals surface area contributed by atoms with Crippen LogP contribution in [-0.4, -0.2) is 24.6 Å². The first-order chi connectivity index (χ1) is 7.45. The summed E-state index contributed by atoms with van der Waals surface area (Å²) in [7, 11) is 0. The van der Waals surface area contributed by atoms with E-state index < -0.39 is 0 Å². The summed E-state index contributed by atoms with van der Waals surface area (Å²) in [5, 5.41) is 3.31. The summed E-state index contributed by atoms with van der Waals surface area (Å²) in [6, 6.07) is 10.8. The average molecular weight is 221 g/mol. The number of nitrogens with one attached hydrogen (secondary N) is 1. The van der Waals surface area contributed by atoms with Crippen LogP contribution in [-0.2, 0) is 6.42 Å². The number of aryl methyl sites for hydroxylation is 1. The minimum absolute atomic E-state index is 0.951. The van der Waals surface area contributed by atoms with Crippen LogP contribution in [0, 0.1) is 5.92 Å². The predicted octanol–water partition coefficient (Wildman–Crippen LogP) is 2.57. The van der Waals surface area contributed by atoms with Crippen LogP contribution in [0.2, 0.25) is 0 Å². The fourth-order valence-electron chi connectivity index (χ4n) is 1.74. The third-order valence-corrected chi connectivity index (χ3v) is 4.10. The number of benzene rings is 1. The first-order valence-corrected chi connectivity index (χ1v) is 6.93. The second-order valence-corrected chi connectivity index (χ2v) is 5.34. The summed E-state index contributed by atoms with van der Waals surface area (Å²) in [5.74, 6) is 3.61. The van der Waals surface area contributed by atoms with Gasteiger partial charge in [0.25, 0.3) is 0 Å². The third-order valence-electron chi connectivity index (χ3n) is 2.82. The maximum atomic E-state index is 3.31. The summed E-state index contributed by atoms with van der Waals surface area (Å²) >= 11 is 2.12. The molecule has 1 heterocycles. The van der Waals surface area contributed by atoms with Gasteiger partial charge in [-0.25, -0.2) is 0 Å². The lowest BCUT2D eigenvalue weighted by molar-refractivity contribution is 0.385. The Kier molecular flexibility index (Phi) is 4.55. The van der Waals surface area contributed by atoms with Crippen molar-refractivity contribution in [2.24, 2.45) is 5.92 Å². The van der Waals surface area contributed by atoms with E-state index in [1.165, 1.54) is 43.0 Å². The van der Waals surface area contributed by atoms with Crippen molar-refractivity contribution in [3.8, 4) is 0 Å². The molecule has 1 saturated heterocycles. The van der Waals surface area contributed by atoms with Gasteiger partial charge in [-0.2, -0.15) is 11.8 Å². The van der Waals surface area contributed by atoms with E-state index >= 15 is 0 Å². The topological polar surface area (TPSA) is 12.0 Å². The molecule has 0 atom stereocenters. The molecule has 0 aromatic heterocycles. The molecule has 1 aliphatic rings. The van der Waals surface area contributed by atoms with Crippen molar-refractivity contribution in [1.29, 1.82) is 0 Å². The lowest BCUT2D eigenvalue weighted by atomic mass is 10.1. The first-order valence-electron chi connectivity index (χ1n) is 5.77.